The summed E-state index contributed by atoms with van der Waals surface area (Å²) in [6.07, 6.45) is 1.77. The SMILES string of the molecule is CCCC[C@H]1C(=O)N(Cc2cccc(Br)c2)C[C@H]2N1C(=O)CN(CC)N2C(=O)NCc1ccccc1. The molecule has 4 amide bonds. The highest BCUT2D eigenvalue weighted by Crippen LogP contribution is 2.30. The fourth-order valence-corrected chi connectivity index (χ4v) is 5.44. The summed E-state index contributed by atoms with van der Waals surface area (Å²) in [4.78, 5) is 44.0. The second-order valence-electron chi connectivity index (χ2n) is 9.26. The zero-order chi connectivity index (χ0) is 25.7. The number of carbonyl (C=O) groups is 3. The highest BCUT2D eigenvalue weighted by atomic mass is 79.9. The van der Waals surface area contributed by atoms with E-state index in [2.05, 4.69) is 28.2 Å². The average Bonchev–Trinajstić information content (AvgIpc) is 2.88. The normalized spacial score (nSPS) is 20.5. The lowest BCUT2D eigenvalue weighted by Crippen LogP contribution is -2.76. The number of urea groups is 1. The van der Waals surface area contributed by atoms with Gasteiger partial charge in [-0.05, 0) is 29.7 Å². The maximum Gasteiger partial charge on any atom is 0.334 e. The Hall–Kier alpha value is -2.91. The minimum absolute atomic E-state index is 0.0531. The first-order chi connectivity index (χ1) is 17.4. The number of benzene rings is 2. The van der Waals surface area contributed by atoms with Gasteiger partial charge < -0.3 is 15.1 Å². The number of amides is 4. The Labute approximate surface area is 221 Å². The van der Waals surface area contributed by atoms with Crippen LogP contribution in [0.5, 0.6) is 0 Å². The first-order valence-corrected chi connectivity index (χ1v) is 13.4. The van der Waals surface area contributed by atoms with Crippen LogP contribution in [0.15, 0.2) is 59.1 Å². The van der Waals surface area contributed by atoms with E-state index >= 15 is 0 Å². The Balaban J connectivity index is 1.63. The molecular formula is C27H34BrN5O3. The van der Waals surface area contributed by atoms with Crippen molar-refractivity contribution in [2.45, 2.75) is 58.4 Å². The fraction of sp³-hybridized carbons (Fsp3) is 0.444. The molecule has 192 valence electrons. The number of hydrogen-bond acceptors (Lipinski definition) is 4. The summed E-state index contributed by atoms with van der Waals surface area (Å²) in [7, 11) is 0. The van der Waals surface area contributed by atoms with Gasteiger partial charge in [0.15, 0.2) is 0 Å². The molecule has 2 saturated heterocycles. The molecule has 2 aromatic carbocycles. The lowest BCUT2D eigenvalue weighted by atomic mass is 10.0. The van der Waals surface area contributed by atoms with Gasteiger partial charge in [-0.2, -0.15) is 0 Å². The molecule has 0 unspecified atom stereocenters. The number of likely N-dealkylation sites (N-methyl/N-ethyl adjacent to an activating group) is 1. The van der Waals surface area contributed by atoms with Crippen molar-refractivity contribution < 1.29 is 14.4 Å². The lowest BCUT2D eigenvalue weighted by Gasteiger charge is -2.55. The Kier molecular flexibility index (Phi) is 8.64. The number of nitrogens with zero attached hydrogens (tertiary/aromatic N) is 4. The number of hydrogen-bond donors (Lipinski definition) is 1. The third-order valence-electron chi connectivity index (χ3n) is 6.78. The first-order valence-electron chi connectivity index (χ1n) is 12.6. The minimum Gasteiger partial charge on any atom is -0.333 e. The van der Waals surface area contributed by atoms with Crippen molar-refractivity contribution in [2.24, 2.45) is 0 Å². The molecule has 2 aliphatic heterocycles. The van der Waals surface area contributed by atoms with Crippen LogP contribution in [-0.2, 0) is 22.7 Å². The number of nitrogens with one attached hydrogen (secondary N) is 1. The summed E-state index contributed by atoms with van der Waals surface area (Å²) < 4.78 is 0.945. The smallest absolute Gasteiger partial charge is 0.333 e. The van der Waals surface area contributed by atoms with Crippen LogP contribution in [-0.4, -0.2) is 69.5 Å². The van der Waals surface area contributed by atoms with Gasteiger partial charge in [0.05, 0.1) is 13.1 Å². The largest absolute Gasteiger partial charge is 0.334 e. The van der Waals surface area contributed by atoms with Crippen molar-refractivity contribution in [2.75, 3.05) is 19.6 Å². The topological polar surface area (TPSA) is 76.2 Å². The third-order valence-corrected chi connectivity index (χ3v) is 7.28. The van der Waals surface area contributed by atoms with Gasteiger partial charge >= 0.3 is 6.03 Å². The first kappa shape index (κ1) is 26.2. The molecule has 2 heterocycles. The maximum atomic E-state index is 13.6. The average molecular weight is 557 g/mol. The zero-order valence-corrected chi connectivity index (χ0v) is 22.5. The second-order valence-corrected chi connectivity index (χ2v) is 10.2. The molecule has 8 nitrogen and oxygen atoms in total. The van der Waals surface area contributed by atoms with Gasteiger partial charge in [-0.1, -0.05) is 85.1 Å². The van der Waals surface area contributed by atoms with E-state index in [4.69, 9.17) is 0 Å². The summed E-state index contributed by atoms with van der Waals surface area (Å²) in [6.45, 7) is 5.65. The highest BCUT2D eigenvalue weighted by Gasteiger charge is 2.50. The van der Waals surface area contributed by atoms with Crippen molar-refractivity contribution >= 4 is 33.8 Å². The summed E-state index contributed by atoms with van der Waals surface area (Å²) in [5.41, 5.74) is 1.99. The third kappa shape index (κ3) is 5.73. The van der Waals surface area contributed by atoms with Gasteiger partial charge in [0.25, 0.3) is 0 Å². The molecule has 2 atom stereocenters. The molecule has 0 aliphatic carbocycles. The number of unbranched alkanes of at least 4 members (excludes halogenated alkanes) is 1. The van der Waals surface area contributed by atoms with Crippen molar-refractivity contribution in [1.29, 1.82) is 0 Å². The van der Waals surface area contributed by atoms with Crippen LogP contribution in [0.2, 0.25) is 0 Å². The number of carbonyl (C=O) groups excluding carboxylic acids is 3. The summed E-state index contributed by atoms with van der Waals surface area (Å²) in [5.74, 6) is -0.159. The molecule has 36 heavy (non-hydrogen) atoms. The monoisotopic (exact) mass is 555 g/mol. The van der Waals surface area contributed by atoms with Gasteiger partial charge in [-0.25, -0.2) is 14.8 Å². The van der Waals surface area contributed by atoms with Crippen LogP contribution < -0.4 is 5.32 Å². The highest BCUT2D eigenvalue weighted by molar-refractivity contribution is 9.10. The summed E-state index contributed by atoms with van der Waals surface area (Å²) in [6, 6.07) is 16.8. The van der Waals surface area contributed by atoms with Crippen LogP contribution in [0, 0.1) is 0 Å². The van der Waals surface area contributed by atoms with Crippen molar-refractivity contribution in [1.82, 2.24) is 25.1 Å². The van der Waals surface area contributed by atoms with E-state index < -0.39 is 12.2 Å². The molecule has 4 rings (SSSR count). The molecule has 0 radical (unpaired) electrons. The van der Waals surface area contributed by atoms with E-state index in [-0.39, 0.29) is 30.9 Å². The molecule has 0 bridgehead atoms. The van der Waals surface area contributed by atoms with Gasteiger partial charge in [0, 0.05) is 24.1 Å². The Morgan fingerprint density at radius 2 is 1.81 bits per heavy atom. The zero-order valence-electron chi connectivity index (χ0n) is 20.9. The Bertz CT molecular complexity index is 1080. The van der Waals surface area contributed by atoms with E-state index in [9.17, 15) is 14.4 Å². The maximum absolute atomic E-state index is 13.6. The molecular weight excluding hydrogens is 522 g/mol. The number of fused-ring (bicyclic) bond motifs is 1. The van der Waals surface area contributed by atoms with Crippen LogP contribution >= 0.6 is 15.9 Å². The Morgan fingerprint density at radius 3 is 2.50 bits per heavy atom. The van der Waals surface area contributed by atoms with Crippen LogP contribution in [0.4, 0.5) is 4.79 Å². The van der Waals surface area contributed by atoms with E-state index in [1.54, 1.807) is 19.8 Å². The molecule has 2 aliphatic rings. The van der Waals surface area contributed by atoms with Gasteiger partial charge in [0.2, 0.25) is 11.8 Å². The van der Waals surface area contributed by atoms with Crippen LogP contribution in [0.1, 0.15) is 44.2 Å². The van der Waals surface area contributed by atoms with Crippen molar-refractivity contribution in [3.8, 4) is 0 Å². The van der Waals surface area contributed by atoms with Crippen LogP contribution in [0.25, 0.3) is 0 Å². The van der Waals surface area contributed by atoms with E-state index in [0.29, 0.717) is 26.1 Å². The fourth-order valence-electron chi connectivity index (χ4n) is 4.99. The summed E-state index contributed by atoms with van der Waals surface area (Å²) in [5, 5.41) is 6.46. The summed E-state index contributed by atoms with van der Waals surface area (Å²) >= 11 is 3.51. The number of hydrazine groups is 1. The Morgan fingerprint density at radius 1 is 1.06 bits per heavy atom. The van der Waals surface area contributed by atoms with Gasteiger partial charge in [0.1, 0.15) is 12.2 Å². The van der Waals surface area contributed by atoms with E-state index in [0.717, 1.165) is 28.4 Å². The molecule has 1 N–H and O–H groups in total. The van der Waals surface area contributed by atoms with Gasteiger partial charge in [-0.3, -0.25) is 9.59 Å². The molecule has 0 aromatic heterocycles. The molecule has 2 fully saturated rings. The van der Waals surface area contributed by atoms with Crippen molar-refractivity contribution in [3.63, 3.8) is 0 Å². The number of rotatable bonds is 8. The van der Waals surface area contributed by atoms with E-state index in [1.165, 1.54) is 0 Å². The molecule has 0 spiro atoms. The second kappa shape index (κ2) is 11.9. The predicted octanol–water partition coefficient (Wildman–Crippen LogP) is 3.97. The van der Waals surface area contributed by atoms with Gasteiger partial charge in [-0.15, -0.1) is 0 Å². The molecule has 0 saturated carbocycles. The lowest BCUT2D eigenvalue weighted by molar-refractivity contribution is -0.190. The minimum atomic E-state index is -0.577. The number of piperazine rings is 1. The number of halogens is 1. The standard InChI is InChI=1S/C27H34BrN5O3/c1-3-5-14-23-26(35)30(17-21-12-9-13-22(28)15-21)18-24-32(23)25(34)19-31(4-2)33(24)27(36)29-16-20-10-7-6-8-11-20/h6-13,15,23-24H,3-5,14,16-19H2,1-2H3,(H,29,36)/t23-,24-/m0/s1. The van der Waals surface area contributed by atoms with E-state index in [1.807, 2.05) is 61.5 Å². The van der Waals surface area contributed by atoms with Crippen LogP contribution in [0.3, 0.4) is 0 Å². The molecule has 9 heteroatoms. The quantitative estimate of drug-likeness (QED) is 0.534. The molecule has 2 aromatic rings. The van der Waals surface area contributed by atoms with Crippen molar-refractivity contribution in [3.05, 3.63) is 70.2 Å². The predicted molar refractivity (Wildman–Crippen MR) is 141 cm³/mol.